The zero-order valence-corrected chi connectivity index (χ0v) is 8.65. The number of nitrogens with zero attached hydrogens (tertiary/aromatic N) is 1. The number of hydrogen-bond donors (Lipinski definition) is 0. The van der Waals surface area contributed by atoms with Crippen molar-refractivity contribution in [3.8, 4) is 5.40 Å². The maximum absolute atomic E-state index is 8.32. The molecule has 1 saturated heterocycles. The highest BCUT2D eigenvalue weighted by atomic mass is 32.2. The number of thiocyanates is 1. The van der Waals surface area contributed by atoms with Crippen molar-refractivity contribution in [2.24, 2.45) is 5.41 Å². The van der Waals surface area contributed by atoms with Gasteiger partial charge in [0.2, 0.25) is 0 Å². The molecule has 1 fully saturated rings. The minimum atomic E-state index is 0.342. The molecule has 2 nitrogen and oxygen atoms in total. The van der Waals surface area contributed by atoms with Gasteiger partial charge in [-0.15, -0.1) is 0 Å². The third-order valence-corrected chi connectivity index (χ3v) is 2.44. The number of hydrogen-bond acceptors (Lipinski definition) is 3. The molecule has 0 bridgehead atoms. The molecule has 0 unspecified atom stereocenters. The van der Waals surface area contributed by atoms with Crippen molar-refractivity contribution in [3.63, 3.8) is 0 Å². The lowest BCUT2D eigenvalue weighted by molar-refractivity contribution is 0.295. The molecule has 1 rings (SSSR count). The average Bonchev–Trinajstić information content (AvgIpc) is 2.60. The number of rotatable bonds is 3. The Balaban J connectivity index is 2.13. The van der Waals surface area contributed by atoms with Gasteiger partial charge in [0, 0.05) is 5.75 Å². The first-order valence-electron chi connectivity index (χ1n) is 4.19. The minimum Gasteiger partial charge on any atom is -0.369 e. The average molecular weight is 185 g/mol. The van der Waals surface area contributed by atoms with Gasteiger partial charge in [0.15, 0.2) is 0 Å². The first kappa shape index (κ1) is 9.88. The van der Waals surface area contributed by atoms with Crippen LogP contribution in [0.3, 0.4) is 0 Å². The van der Waals surface area contributed by atoms with Crippen LogP contribution < -0.4 is 0 Å². The van der Waals surface area contributed by atoms with E-state index in [1.54, 1.807) is 0 Å². The summed E-state index contributed by atoms with van der Waals surface area (Å²) in [5.41, 5.74) is 0.344. The van der Waals surface area contributed by atoms with Gasteiger partial charge in [0.05, 0.1) is 12.2 Å². The number of nitriles is 1. The Morgan fingerprint density at radius 2 is 2.08 bits per heavy atom. The fourth-order valence-electron chi connectivity index (χ4n) is 1.23. The largest absolute Gasteiger partial charge is 0.369 e. The van der Waals surface area contributed by atoms with Gasteiger partial charge in [-0.25, -0.2) is 0 Å². The quantitative estimate of drug-likeness (QED) is 0.500. The Morgan fingerprint density at radius 3 is 2.58 bits per heavy atom. The third-order valence-electron chi connectivity index (χ3n) is 1.81. The summed E-state index contributed by atoms with van der Waals surface area (Å²) in [6.07, 6.45) is 1.85. The van der Waals surface area contributed by atoms with Gasteiger partial charge >= 0.3 is 0 Å². The molecule has 68 valence electrons. The van der Waals surface area contributed by atoms with E-state index in [4.69, 9.17) is 10.00 Å². The molecule has 12 heavy (non-hydrogen) atoms. The van der Waals surface area contributed by atoms with Crippen LogP contribution in [0.2, 0.25) is 0 Å². The molecular weight excluding hydrogens is 170 g/mol. The predicted molar refractivity (Wildman–Crippen MR) is 50.8 cm³/mol. The van der Waals surface area contributed by atoms with Crippen molar-refractivity contribution < 1.29 is 4.74 Å². The molecular formula is C9H15NOS. The normalized spacial score (nSPS) is 28.2. The Hall–Kier alpha value is -0.200. The summed E-state index contributed by atoms with van der Waals surface area (Å²) in [5.74, 6) is 0.831. The lowest BCUT2D eigenvalue weighted by Crippen LogP contribution is -2.10. The van der Waals surface area contributed by atoms with Crippen LogP contribution in [0.1, 0.15) is 27.2 Å². The number of thioether (sulfide) groups is 1. The van der Waals surface area contributed by atoms with Crippen molar-refractivity contribution in [3.05, 3.63) is 0 Å². The lowest BCUT2D eigenvalue weighted by atomic mass is 9.90. The predicted octanol–water partition coefficient (Wildman–Crippen LogP) is 2.40. The van der Waals surface area contributed by atoms with Crippen LogP contribution in [0, 0.1) is 16.1 Å². The minimum absolute atomic E-state index is 0.342. The standard InChI is InChI=1S/C9H15NOS/c1-9(2,3)4-7-8(11-7)5-12-6-10/h7-8H,4-5H2,1-3H3/t7-,8+/m0/s1. The van der Waals surface area contributed by atoms with Crippen LogP contribution in [-0.2, 0) is 4.74 Å². The van der Waals surface area contributed by atoms with Crippen LogP contribution in [0.4, 0.5) is 0 Å². The molecule has 3 heteroatoms. The molecule has 0 N–H and O–H groups in total. The van der Waals surface area contributed by atoms with E-state index in [1.165, 1.54) is 11.8 Å². The van der Waals surface area contributed by atoms with Gasteiger partial charge < -0.3 is 4.74 Å². The van der Waals surface area contributed by atoms with Gasteiger partial charge in [-0.05, 0) is 23.6 Å². The van der Waals surface area contributed by atoms with Gasteiger partial charge in [0.1, 0.15) is 5.40 Å². The second kappa shape index (κ2) is 3.68. The summed E-state index contributed by atoms with van der Waals surface area (Å²) in [6.45, 7) is 6.63. The summed E-state index contributed by atoms with van der Waals surface area (Å²) >= 11 is 1.29. The van der Waals surface area contributed by atoms with Crippen LogP contribution in [0.5, 0.6) is 0 Å². The highest BCUT2D eigenvalue weighted by Gasteiger charge is 2.40. The first-order valence-corrected chi connectivity index (χ1v) is 5.18. The molecule has 1 aliphatic heterocycles. The lowest BCUT2D eigenvalue weighted by Gasteiger charge is -2.15. The van der Waals surface area contributed by atoms with Crippen molar-refractivity contribution >= 4 is 11.8 Å². The summed E-state index contributed by atoms with van der Waals surface area (Å²) in [4.78, 5) is 0. The summed E-state index contributed by atoms with van der Waals surface area (Å²) in [5, 5.41) is 10.4. The van der Waals surface area contributed by atoms with Crippen molar-refractivity contribution in [2.75, 3.05) is 5.75 Å². The summed E-state index contributed by atoms with van der Waals surface area (Å²) < 4.78 is 5.42. The first-order chi connectivity index (χ1) is 5.53. The number of epoxide rings is 1. The second-order valence-electron chi connectivity index (χ2n) is 4.38. The van der Waals surface area contributed by atoms with E-state index in [-0.39, 0.29) is 0 Å². The van der Waals surface area contributed by atoms with Crippen LogP contribution in [0.15, 0.2) is 0 Å². The van der Waals surface area contributed by atoms with E-state index in [9.17, 15) is 0 Å². The molecule has 0 saturated carbocycles. The summed E-state index contributed by atoms with van der Waals surface area (Å²) in [6, 6.07) is 0. The van der Waals surface area contributed by atoms with Gasteiger partial charge in [-0.2, -0.15) is 5.26 Å². The van der Waals surface area contributed by atoms with Crippen LogP contribution >= 0.6 is 11.8 Å². The zero-order valence-electron chi connectivity index (χ0n) is 7.83. The zero-order chi connectivity index (χ0) is 9.19. The van der Waals surface area contributed by atoms with E-state index >= 15 is 0 Å². The monoisotopic (exact) mass is 185 g/mol. The van der Waals surface area contributed by atoms with Gasteiger partial charge in [-0.3, -0.25) is 0 Å². The Kier molecular flexibility index (Phi) is 3.03. The highest BCUT2D eigenvalue weighted by molar-refractivity contribution is 8.03. The van der Waals surface area contributed by atoms with E-state index in [1.807, 2.05) is 0 Å². The fourth-order valence-corrected chi connectivity index (χ4v) is 1.76. The van der Waals surface area contributed by atoms with Crippen LogP contribution in [-0.4, -0.2) is 18.0 Å². The van der Waals surface area contributed by atoms with Crippen LogP contribution in [0.25, 0.3) is 0 Å². The molecule has 0 aromatic rings. The molecule has 0 aliphatic carbocycles. The molecule has 2 atom stereocenters. The molecule has 0 spiro atoms. The van der Waals surface area contributed by atoms with Gasteiger partial charge in [0.25, 0.3) is 0 Å². The maximum Gasteiger partial charge on any atom is 0.133 e. The Bertz CT molecular complexity index is 192. The van der Waals surface area contributed by atoms with Crippen molar-refractivity contribution in [1.29, 1.82) is 5.26 Å². The van der Waals surface area contributed by atoms with E-state index in [2.05, 4.69) is 26.2 Å². The molecule has 0 radical (unpaired) electrons. The van der Waals surface area contributed by atoms with E-state index in [0.29, 0.717) is 17.6 Å². The molecule has 1 aliphatic rings. The molecule has 1 heterocycles. The fraction of sp³-hybridized carbons (Fsp3) is 0.889. The maximum atomic E-state index is 8.32. The Morgan fingerprint density at radius 1 is 1.42 bits per heavy atom. The summed E-state index contributed by atoms with van der Waals surface area (Å²) in [7, 11) is 0. The number of ether oxygens (including phenoxy) is 1. The SMILES string of the molecule is CC(C)(C)C[C@@H]1O[C@@H]1CSC#N. The van der Waals surface area contributed by atoms with E-state index < -0.39 is 0 Å². The van der Waals surface area contributed by atoms with E-state index in [0.717, 1.165) is 12.2 Å². The Labute approximate surface area is 78.3 Å². The molecule has 0 amide bonds. The second-order valence-corrected chi connectivity index (χ2v) is 5.18. The molecule has 0 aromatic heterocycles. The van der Waals surface area contributed by atoms with Crippen molar-refractivity contribution in [2.45, 2.75) is 39.4 Å². The molecule has 0 aromatic carbocycles. The topological polar surface area (TPSA) is 36.3 Å². The highest BCUT2D eigenvalue weighted by Crippen LogP contribution is 2.35. The third kappa shape index (κ3) is 3.46. The smallest absolute Gasteiger partial charge is 0.133 e. The van der Waals surface area contributed by atoms with Crippen molar-refractivity contribution in [1.82, 2.24) is 0 Å². The van der Waals surface area contributed by atoms with Gasteiger partial charge in [-0.1, -0.05) is 20.8 Å².